The van der Waals surface area contributed by atoms with Gasteiger partial charge >= 0.3 is 55.8 Å². The van der Waals surface area contributed by atoms with Crippen LogP contribution >= 0.6 is 45.2 Å². The molecule has 2 atom stereocenters. The third kappa shape index (κ3) is 6.05. The molecule has 0 radical (unpaired) electrons. The van der Waals surface area contributed by atoms with Crippen molar-refractivity contribution in [2.24, 2.45) is 0 Å². The van der Waals surface area contributed by atoms with Gasteiger partial charge in [0.15, 0.2) is 0 Å². The maximum absolute atomic E-state index is 7.47. The van der Waals surface area contributed by atoms with E-state index in [0.29, 0.717) is 11.6 Å². The van der Waals surface area contributed by atoms with E-state index in [1.54, 1.807) is 17.6 Å². The second-order valence-electron chi connectivity index (χ2n) is 6.32. The predicted octanol–water partition coefficient (Wildman–Crippen LogP) is 2.38. The van der Waals surface area contributed by atoms with E-state index in [2.05, 4.69) is 92.6 Å². The maximum atomic E-state index is 7.47. The molecule has 1 aliphatic heterocycles. The number of rotatable bonds is 5. The van der Waals surface area contributed by atoms with Crippen molar-refractivity contribution in [3.63, 3.8) is 0 Å². The first kappa shape index (κ1) is 26.7. The van der Waals surface area contributed by atoms with Crippen LogP contribution in [0.1, 0.15) is 36.9 Å². The Hall–Kier alpha value is 0.422. The van der Waals surface area contributed by atoms with Crippen LogP contribution in [0.15, 0.2) is 42.7 Å². The summed E-state index contributed by atoms with van der Waals surface area (Å²) >= 11 is 6.67. The van der Waals surface area contributed by atoms with Gasteiger partial charge in [-0.3, -0.25) is 5.10 Å². The van der Waals surface area contributed by atoms with Crippen LogP contribution in [0.2, 0.25) is 0 Å². The molecule has 1 N–H and O–H groups in total. The van der Waals surface area contributed by atoms with Crippen LogP contribution < -0.4 is 32.2 Å². The molecule has 0 amide bonds. The number of pyridine rings is 1. The Labute approximate surface area is 242 Å². The molecule has 2 aromatic heterocycles. The molecule has 0 aliphatic carbocycles. The zero-order valence-electron chi connectivity index (χ0n) is 16.4. The van der Waals surface area contributed by atoms with Crippen LogP contribution in [0, 0.1) is 47.0 Å². The number of nitrogens with zero attached hydrogens (tertiary/aromatic N) is 3. The molecule has 2 unspecified atom stereocenters. The Morgan fingerprint density at radius 1 is 1.33 bits per heavy atom. The van der Waals surface area contributed by atoms with Gasteiger partial charge < -0.3 is 26.5 Å². The molecule has 4 rings (SSSR count). The molecule has 1 saturated heterocycles. The van der Waals surface area contributed by atoms with E-state index in [0.717, 1.165) is 36.3 Å². The summed E-state index contributed by atoms with van der Waals surface area (Å²) in [5.74, 6) is 0.925. The van der Waals surface area contributed by atoms with Crippen molar-refractivity contribution >= 4 is 62.6 Å². The molecule has 9 heteroatoms. The third-order valence-electron chi connectivity index (χ3n) is 4.78. The topological polar surface area (TPSA) is 53.6 Å². The van der Waals surface area contributed by atoms with Gasteiger partial charge in [-0.25, -0.2) is 0 Å². The molecule has 0 bridgehead atoms. The smallest absolute Gasteiger partial charge is 0.440 e. The second kappa shape index (κ2) is 12.6. The summed E-state index contributed by atoms with van der Waals surface area (Å²) in [6, 6.07) is 10.9. The Morgan fingerprint density at radius 3 is 2.80 bits per heavy atom. The van der Waals surface area contributed by atoms with E-state index in [4.69, 9.17) is 10.1 Å². The SMILES string of the molecule is N=[C-]c1cnn2ccc(N3CCCC3c3cc(OC(I)[IH+])ccc3I)cc12.[CH2-]C.[U+2]. The van der Waals surface area contributed by atoms with Crippen LogP contribution in [-0.4, -0.2) is 24.5 Å². The molecule has 3 aromatic rings. The van der Waals surface area contributed by atoms with E-state index in [-0.39, 0.29) is 33.2 Å². The average Bonchev–Trinajstić information content (AvgIpc) is 3.36. The number of ether oxygens (including phenoxy) is 1. The predicted molar refractivity (Wildman–Crippen MR) is 131 cm³/mol. The van der Waals surface area contributed by atoms with Gasteiger partial charge in [0.05, 0.1) is 6.04 Å². The molecule has 1 aliphatic rings. The number of fused-ring (bicyclic) bond motifs is 1. The second-order valence-corrected chi connectivity index (χ2v) is 12.5. The standard InChI is InChI=1S/C19H17I3N4O.C2H5.U/c20-16-4-3-14(27-19(21)22)9-15(16)17-2-1-6-25(17)13-5-7-26-18(8-13)12(10-23)11-24-26;1-2;/h3-5,7-9,11,17,19,21,23H,1-2,6H2;1H2,2H3;/q;-1;+2. The normalized spacial score (nSPS) is 16.4. The van der Waals surface area contributed by atoms with Crippen molar-refractivity contribution in [3.8, 4) is 5.75 Å². The Balaban J connectivity index is 0.00000104. The first-order chi connectivity index (χ1) is 14.1. The van der Waals surface area contributed by atoms with Crippen LogP contribution in [0.4, 0.5) is 5.69 Å². The Morgan fingerprint density at radius 2 is 2.10 bits per heavy atom. The van der Waals surface area contributed by atoms with Crippen molar-refractivity contribution in [2.45, 2.75) is 27.9 Å². The van der Waals surface area contributed by atoms with Gasteiger partial charge in [-0.15, -0.1) is 5.56 Å². The largest absolute Gasteiger partial charge is 2.00 e. The third-order valence-corrected chi connectivity index (χ3v) is 6.29. The molecule has 30 heavy (non-hydrogen) atoms. The summed E-state index contributed by atoms with van der Waals surface area (Å²) in [5, 5.41) is 11.8. The minimum Gasteiger partial charge on any atom is -0.440 e. The average molecular weight is 965 g/mol. The Bertz CT molecular complexity index is 996. The molecule has 156 valence electrons. The first-order valence-electron chi connectivity index (χ1n) is 9.20. The molecule has 5 nitrogen and oxygen atoms in total. The minimum absolute atomic E-state index is 0. The monoisotopic (exact) mass is 965 g/mol. The fourth-order valence-corrected chi connectivity index (χ4v) is 4.91. The summed E-state index contributed by atoms with van der Waals surface area (Å²) in [4.78, 5) is 2.45. The molecule has 0 saturated carbocycles. The van der Waals surface area contributed by atoms with Crippen molar-refractivity contribution < 1.29 is 58.4 Å². The summed E-state index contributed by atoms with van der Waals surface area (Å²) in [5.41, 5.74) is 4.11. The zero-order chi connectivity index (χ0) is 21.0. The van der Waals surface area contributed by atoms with E-state index >= 15 is 0 Å². The number of benzene rings is 1. The molecule has 1 fully saturated rings. The number of nitrogens with one attached hydrogen (secondary N) is 1. The first-order valence-corrected chi connectivity index (χ1v) is 12.9. The number of hydrogen-bond donors (Lipinski definition) is 1. The number of hydrogen-bond acceptors (Lipinski definition) is 4. The van der Waals surface area contributed by atoms with Crippen LogP contribution in [0.5, 0.6) is 5.75 Å². The minimum atomic E-state index is 0. The van der Waals surface area contributed by atoms with Gasteiger partial charge in [0, 0.05) is 44.6 Å². The fourth-order valence-electron chi connectivity index (χ4n) is 3.60. The van der Waals surface area contributed by atoms with Gasteiger partial charge in [-0.05, 0) is 70.8 Å². The van der Waals surface area contributed by atoms with Crippen LogP contribution in [0.25, 0.3) is 5.52 Å². The van der Waals surface area contributed by atoms with E-state index < -0.39 is 0 Å². The molecule has 1 aromatic carbocycles. The van der Waals surface area contributed by atoms with E-state index in [9.17, 15) is 0 Å². The number of halogens is 3. The van der Waals surface area contributed by atoms with Gasteiger partial charge in [0.25, 0.3) is 0 Å². The van der Waals surface area contributed by atoms with Gasteiger partial charge in [-0.1, -0.05) is 18.5 Å². The van der Waals surface area contributed by atoms with Gasteiger partial charge in [0.1, 0.15) is 5.75 Å². The zero-order valence-corrected chi connectivity index (χ0v) is 27.2. The van der Waals surface area contributed by atoms with Crippen LogP contribution in [0.3, 0.4) is 0 Å². The summed E-state index contributed by atoms with van der Waals surface area (Å²) in [7, 11) is 0. The quantitative estimate of drug-likeness (QED) is 0.185. The van der Waals surface area contributed by atoms with Crippen molar-refractivity contribution in [1.29, 1.82) is 5.41 Å². The van der Waals surface area contributed by atoms with Crippen molar-refractivity contribution in [1.82, 2.24) is 9.61 Å². The number of anilines is 1. The summed E-state index contributed by atoms with van der Waals surface area (Å²) in [6.07, 6.45) is 8.40. The van der Waals surface area contributed by atoms with E-state index in [1.807, 2.05) is 34.9 Å². The molecular formula is C21H22I3N4OU+. The van der Waals surface area contributed by atoms with Gasteiger partial charge in [0.2, 0.25) is 0 Å². The van der Waals surface area contributed by atoms with Gasteiger partial charge in [-0.2, -0.15) is 6.92 Å². The molecular weight excluding hydrogens is 943 g/mol. The van der Waals surface area contributed by atoms with Crippen LogP contribution in [-0.2, 0) is 0 Å². The maximum Gasteiger partial charge on any atom is 2.00 e. The number of alkyl halides is 2. The van der Waals surface area contributed by atoms with Crippen molar-refractivity contribution in [2.75, 3.05) is 11.4 Å². The van der Waals surface area contributed by atoms with E-state index in [1.165, 1.54) is 9.13 Å². The Kier molecular flexibility index (Phi) is 11.2. The summed E-state index contributed by atoms with van der Waals surface area (Å²) in [6.45, 7) is 6.02. The van der Waals surface area contributed by atoms with Crippen molar-refractivity contribution in [3.05, 3.63) is 64.3 Å². The summed E-state index contributed by atoms with van der Waals surface area (Å²) < 4.78 is 9.12. The molecule has 3 heterocycles. The number of aromatic nitrogens is 2. The molecule has 0 spiro atoms. The fraction of sp³-hybridized carbons (Fsp3) is 0.286.